The molecule has 3 aliphatic rings. The van der Waals surface area contributed by atoms with Crippen molar-refractivity contribution < 1.29 is 24.4 Å². The van der Waals surface area contributed by atoms with Crippen molar-refractivity contribution in [3.05, 3.63) is 72.7 Å². The molecule has 1 saturated carbocycles. The van der Waals surface area contributed by atoms with Crippen LogP contribution in [0, 0.1) is 22.0 Å². The van der Waals surface area contributed by atoms with E-state index in [1.165, 1.54) is 41.3 Å². The Bertz CT molecular complexity index is 1330. The number of carbonyl (C=O) groups excluding carboxylic acids is 2. The van der Waals surface area contributed by atoms with Gasteiger partial charge in [0, 0.05) is 35.7 Å². The molecule has 0 radical (unpaired) electrons. The SMILES string of the molecule is O=C1C2C(c3cc(Cl)cc(Cl)c3Cl)NC(Cc3ccc([N+](=O)[O-])cc3)(C(=O)O)C2C(=O)N1C1CCCCC1. The zero-order valence-corrected chi connectivity index (χ0v) is 22.3. The number of hydrogen-bond acceptors (Lipinski definition) is 6. The van der Waals surface area contributed by atoms with E-state index in [0.29, 0.717) is 24.0 Å². The van der Waals surface area contributed by atoms with Crippen molar-refractivity contribution >= 4 is 58.3 Å². The molecule has 2 N–H and O–H groups in total. The maximum absolute atomic E-state index is 14.0. The number of nitro benzene ring substituents is 1. The minimum Gasteiger partial charge on any atom is -0.480 e. The van der Waals surface area contributed by atoms with Crippen molar-refractivity contribution in [3.63, 3.8) is 0 Å². The van der Waals surface area contributed by atoms with Gasteiger partial charge in [-0.3, -0.25) is 34.7 Å². The Morgan fingerprint density at radius 3 is 2.34 bits per heavy atom. The van der Waals surface area contributed by atoms with Gasteiger partial charge >= 0.3 is 5.97 Å². The predicted molar refractivity (Wildman–Crippen MR) is 140 cm³/mol. The maximum atomic E-state index is 14.0. The third-order valence-corrected chi connectivity index (χ3v) is 9.03. The van der Waals surface area contributed by atoms with Gasteiger partial charge in [0.05, 0.1) is 26.8 Å². The summed E-state index contributed by atoms with van der Waals surface area (Å²) < 4.78 is 0. The molecule has 0 bridgehead atoms. The molecular formula is C26H24Cl3N3O6. The minimum absolute atomic E-state index is 0.111. The third-order valence-electron chi connectivity index (χ3n) is 8.00. The highest BCUT2D eigenvalue weighted by molar-refractivity contribution is 6.43. The quantitative estimate of drug-likeness (QED) is 0.208. The largest absolute Gasteiger partial charge is 0.480 e. The van der Waals surface area contributed by atoms with E-state index < -0.39 is 46.1 Å². The molecule has 2 aromatic carbocycles. The number of likely N-dealkylation sites (tertiary alicyclic amines) is 1. The number of fused-ring (bicyclic) bond motifs is 1. The highest BCUT2D eigenvalue weighted by Crippen LogP contribution is 2.53. The van der Waals surface area contributed by atoms with E-state index in [2.05, 4.69) is 5.32 Å². The second-order valence-corrected chi connectivity index (χ2v) is 11.4. The van der Waals surface area contributed by atoms with Gasteiger partial charge in [0.25, 0.3) is 5.69 Å². The van der Waals surface area contributed by atoms with Crippen LogP contribution in [0.3, 0.4) is 0 Å². The third kappa shape index (κ3) is 4.35. The lowest BCUT2D eigenvalue weighted by Gasteiger charge is -2.34. The lowest BCUT2D eigenvalue weighted by Crippen LogP contribution is -2.58. The normalized spacial score (nSPS) is 27.6. The molecule has 4 atom stereocenters. The van der Waals surface area contributed by atoms with Crippen LogP contribution in [-0.2, 0) is 20.8 Å². The first-order chi connectivity index (χ1) is 18.0. The van der Waals surface area contributed by atoms with Crippen molar-refractivity contribution in [2.75, 3.05) is 0 Å². The predicted octanol–water partition coefficient (Wildman–Crippen LogP) is 5.20. The molecule has 2 aromatic rings. The molecule has 38 heavy (non-hydrogen) atoms. The van der Waals surface area contributed by atoms with Crippen molar-refractivity contribution in [1.82, 2.24) is 10.2 Å². The summed E-state index contributed by atoms with van der Waals surface area (Å²) in [6, 6.07) is 7.18. The number of non-ortho nitro benzene ring substituents is 1. The molecule has 1 aliphatic carbocycles. The number of aliphatic carboxylic acids is 1. The van der Waals surface area contributed by atoms with Gasteiger partial charge in [0.1, 0.15) is 5.54 Å². The molecule has 2 aliphatic heterocycles. The number of carboxylic acid groups (broad SMARTS) is 1. The summed E-state index contributed by atoms with van der Waals surface area (Å²) in [4.78, 5) is 52.8. The van der Waals surface area contributed by atoms with E-state index in [1.54, 1.807) is 0 Å². The maximum Gasteiger partial charge on any atom is 0.325 e. The van der Waals surface area contributed by atoms with Gasteiger partial charge in [0.15, 0.2) is 0 Å². The van der Waals surface area contributed by atoms with Gasteiger partial charge in [-0.1, -0.05) is 66.2 Å². The van der Waals surface area contributed by atoms with Crippen LogP contribution in [0.25, 0.3) is 0 Å². The smallest absolute Gasteiger partial charge is 0.325 e. The number of carbonyl (C=O) groups is 3. The molecule has 3 fully saturated rings. The van der Waals surface area contributed by atoms with Gasteiger partial charge < -0.3 is 5.11 Å². The summed E-state index contributed by atoms with van der Waals surface area (Å²) >= 11 is 19.1. The fourth-order valence-corrected chi connectivity index (χ4v) is 7.02. The number of carboxylic acids is 1. The Labute approximate surface area is 233 Å². The van der Waals surface area contributed by atoms with Crippen LogP contribution >= 0.6 is 34.8 Å². The summed E-state index contributed by atoms with van der Waals surface area (Å²) in [5.41, 5.74) is -1.25. The van der Waals surface area contributed by atoms with Crippen LogP contribution in [0.2, 0.25) is 15.1 Å². The van der Waals surface area contributed by atoms with E-state index in [4.69, 9.17) is 34.8 Å². The fraction of sp³-hybridized carbons (Fsp3) is 0.423. The molecule has 0 spiro atoms. The Balaban J connectivity index is 1.63. The Kier molecular flexibility index (Phi) is 7.15. The molecule has 2 heterocycles. The van der Waals surface area contributed by atoms with Gasteiger partial charge in [-0.25, -0.2) is 0 Å². The Hall–Kier alpha value is -2.72. The summed E-state index contributed by atoms with van der Waals surface area (Å²) in [5, 5.41) is 25.3. The standard InChI is InChI=1S/C26H24Cl3N3O6/c27-14-10-17(21(29)18(28)11-14)22-19-20(24(34)31(23(19)33)15-4-2-1-3-5-15)26(30-22,25(35)36)12-13-6-8-16(9-7-13)32(37)38/h6-11,15,19-20,22,30H,1-5,12H2,(H,35,36). The van der Waals surface area contributed by atoms with Crippen LogP contribution in [-0.4, -0.2) is 44.3 Å². The molecule has 2 amide bonds. The number of nitro groups is 1. The van der Waals surface area contributed by atoms with Crippen molar-refractivity contribution in [1.29, 1.82) is 0 Å². The second-order valence-electron chi connectivity index (χ2n) is 10.1. The number of imide groups is 1. The number of amides is 2. The molecule has 2 saturated heterocycles. The number of benzene rings is 2. The highest BCUT2D eigenvalue weighted by atomic mass is 35.5. The first kappa shape index (κ1) is 26.9. The Morgan fingerprint density at radius 1 is 1.08 bits per heavy atom. The number of rotatable bonds is 6. The monoisotopic (exact) mass is 579 g/mol. The second kappa shape index (κ2) is 10.1. The summed E-state index contributed by atoms with van der Waals surface area (Å²) in [5.74, 6) is -4.57. The lowest BCUT2D eigenvalue weighted by molar-refractivity contribution is -0.384. The van der Waals surface area contributed by atoms with E-state index >= 15 is 0 Å². The zero-order valence-electron chi connectivity index (χ0n) is 20.0. The first-order valence-corrected chi connectivity index (χ1v) is 13.4. The van der Waals surface area contributed by atoms with Crippen LogP contribution in [0.15, 0.2) is 36.4 Å². The number of nitrogens with one attached hydrogen (secondary N) is 1. The lowest BCUT2D eigenvalue weighted by atomic mass is 9.76. The zero-order chi connectivity index (χ0) is 27.4. The number of nitrogens with zero attached hydrogens (tertiary/aromatic N) is 2. The van der Waals surface area contributed by atoms with Gasteiger partial charge in [-0.05, 0) is 36.1 Å². The molecule has 0 aromatic heterocycles. The first-order valence-electron chi connectivity index (χ1n) is 12.3. The Morgan fingerprint density at radius 2 is 1.74 bits per heavy atom. The van der Waals surface area contributed by atoms with E-state index in [1.807, 2.05) is 0 Å². The van der Waals surface area contributed by atoms with Crippen LogP contribution in [0.5, 0.6) is 0 Å². The summed E-state index contributed by atoms with van der Waals surface area (Å²) in [6.07, 6.45) is 3.91. The van der Waals surface area contributed by atoms with Crippen molar-refractivity contribution in [2.24, 2.45) is 11.8 Å². The highest BCUT2D eigenvalue weighted by Gasteiger charge is 2.69. The molecule has 12 heteroatoms. The molecule has 4 unspecified atom stereocenters. The van der Waals surface area contributed by atoms with Gasteiger partial charge in [-0.15, -0.1) is 0 Å². The van der Waals surface area contributed by atoms with E-state index in [9.17, 15) is 29.6 Å². The minimum atomic E-state index is -1.89. The van der Waals surface area contributed by atoms with Crippen LogP contribution < -0.4 is 5.32 Å². The molecule has 200 valence electrons. The molecule has 5 rings (SSSR count). The van der Waals surface area contributed by atoms with E-state index in [0.717, 1.165) is 19.3 Å². The van der Waals surface area contributed by atoms with Crippen LogP contribution in [0.1, 0.15) is 49.3 Å². The molecule has 9 nitrogen and oxygen atoms in total. The van der Waals surface area contributed by atoms with Gasteiger partial charge in [-0.2, -0.15) is 0 Å². The van der Waals surface area contributed by atoms with Crippen molar-refractivity contribution in [2.45, 2.75) is 56.1 Å². The van der Waals surface area contributed by atoms with Crippen molar-refractivity contribution in [3.8, 4) is 0 Å². The number of halogens is 3. The van der Waals surface area contributed by atoms with E-state index in [-0.39, 0.29) is 33.2 Å². The number of hydrogen-bond donors (Lipinski definition) is 2. The average molecular weight is 581 g/mol. The molecular weight excluding hydrogens is 557 g/mol. The average Bonchev–Trinajstić information content (AvgIpc) is 3.36. The summed E-state index contributed by atoms with van der Waals surface area (Å²) in [6.45, 7) is 0. The van der Waals surface area contributed by atoms with Gasteiger partial charge in [0.2, 0.25) is 11.8 Å². The fourth-order valence-electron chi connectivity index (χ4n) is 6.29. The topological polar surface area (TPSA) is 130 Å². The van der Waals surface area contributed by atoms with Crippen LogP contribution in [0.4, 0.5) is 5.69 Å². The summed E-state index contributed by atoms with van der Waals surface area (Å²) in [7, 11) is 0.